The fourth-order valence-electron chi connectivity index (χ4n) is 2.10. The predicted molar refractivity (Wildman–Crippen MR) is 85.9 cm³/mol. The molecule has 0 saturated carbocycles. The molecule has 0 unspecified atom stereocenters. The van der Waals surface area contributed by atoms with Gasteiger partial charge >= 0.3 is 0 Å². The fourth-order valence-corrected chi connectivity index (χ4v) is 2.79. The number of aromatic amines is 2. The fraction of sp³-hybridized carbons (Fsp3) is 0.154. The first-order valence-corrected chi connectivity index (χ1v) is 7.70. The Bertz CT molecular complexity index is 796. The van der Waals surface area contributed by atoms with Gasteiger partial charge in [-0.25, -0.2) is 4.98 Å². The molecule has 2 heterocycles. The number of benzene rings is 1. The Kier molecular flexibility index (Phi) is 3.81. The maximum Gasteiger partial charge on any atom is 0.256 e. The zero-order chi connectivity index (χ0) is 15.0. The molecule has 0 bridgehead atoms. The third-order valence-corrected chi connectivity index (χ3v) is 5.00. The molecule has 108 valence electrons. The molecule has 0 aliphatic carbocycles. The van der Waals surface area contributed by atoms with Crippen LogP contribution in [-0.2, 0) is 6.54 Å². The molecule has 0 spiro atoms. The lowest BCUT2D eigenvalue weighted by Gasteiger charge is -2.15. The molecule has 0 aliphatic heterocycles. The SMILES string of the molecule is CN(Cc1ncn[nH]1)C(=O)c1c[nH]c2cc(Br)c(Br)cc12. The minimum absolute atomic E-state index is 0.0770. The predicted octanol–water partition coefficient (Wildman–Crippen LogP) is 3.08. The smallest absolute Gasteiger partial charge is 0.256 e. The molecule has 2 aromatic heterocycles. The van der Waals surface area contributed by atoms with E-state index in [1.807, 2.05) is 12.1 Å². The van der Waals surface area contributed by atoms with E-state index in [4.69, 9.17) is 0 Å². The molecule has 21 heavy (non-hydrogen) atoms. The number of H-pyrrole nitrogens is 2. The van der Waals surface area contributed by atoms with Crippen LogP contribution in [0, 0.1) is 0 Å². The summed E-state index contributed by atoms with van der Waals surface area (Å²) in [6.07, 6.45) is 3.15. The van der Waals surface area contributed by atoms with E-state index in [0.29, 0.717) is 17.9 Å². The average Bonchev–Trinajstić information content (AvgIpc) is 3.08. The highest BCUT2D eigenvalue weighted by atomic mass is 79.9. The van der Waals surface area contributed by atoms with Crippen molar-refractivity contribution in [2.45, 2.75) is 6.54 Å². The average molecular weight is 413 g/mol. The molecule has 1 aromatic carbocycles. The van der Waals surface area contributed by atoms with Crippen LogP contribution in [0.4, 0.5) is 0 Å². The summed E-state index contributed by atoms with van der Waals surface area (Å²) < 4.78 is 1.84. The van der Waals surface area contributed by atoms with Crippen molar-refractivity contribution in [3.8, 4) is 0 Å². The van der Waals surface area contributed by atoms with Crippen LogP contribution in [0.25, 0.3) is 10.9 Å². The Hall–Kier alpha value is -1.67. The Labute approximate surface area is 137 Å². The lowest BCUT2D eigenvalue weighted by molar-refractivity contribution is 0.0783. The van der Waals surface area contributed by atoms with Gasteiger partial charge in [-0.1, -0.05) is 0 Å². The summed E-state index contributed by atoms with van der Waals surface area (Å²) >= 11 is 6.91. The number of hydrogen-bond donors (Lipinski definition) is 2. The summed E-state index contributed by atoms with van der Waals surface area (Å²) in [5, 5.41) is 7.40. The zero-order valence-electron chi connectivity index (χ0n) is 11.0. The number of carbonyl (C=O) groups excluding carboxylic acids is 1. The molecule has 0 radical (unpaired) electrons. The third kappa shape index (κ3) is 2.73. The monoisotopic (exact) mass is 411 g/mol. The van der Waals surface area contributed by atoms with Crippen molar-refractivity contribution in [1.82, 2.24) is 25.1 Å². The van der Waals surface area contributed by atoms with Crippen molar-refractivity contribution in [3.63, 3.8) is 0 Å². The van der Waals surface area contributed by atoms with Crippen molar-refractivity contribution >= 4 is 48.7 Å². The van der Waals surface area contributed by atoms with Crippen LogP contribution in [0.15, 0.2) is 33.6 Å². The first-order valence-electron chi connectivity index (χ1n) is 6.12. The second kappa shape index (κ2) is 5.61. The normalized spacial score (nSPS) is 11.0. The Morgan fingerprint density at radius 2 is 2.10 bits per heavy atom. The second-order valence-corrected chi connectivity index (χ2v) is 6.32. The highest BCUT2D eigenvalue weighted by molar-refractivity contribution is 9.13. The largest absolute Gasteiger partial charge is 0.360 e. The van der Waals surface area contributed by atoms with Crippen LogP contribution in [-0.4, -0.2) is 38.0 Å². The zero-order valence-corrected chi connectivity index (χ0v) is 14.2. The highest BCUT2D eigenvalue weighted by Gasteiger charge is 2.18. The summed E-state index contributed by atoms with van der Waals surface area (Å²) in [5.41, 5.74) is 1.53. The van der Waals surface area contributed by atoms with Crippen LogP contribution in [0.5, 0.6) is 0 Å². The molecule has 6 nitrogen and oxygen atoms in total. The molecule has 3 rings (SSSR count). The van der Waals surface area contributed by atoms with E-state index in [-0.39, 0.29) is 5.91 Å². The van der Waals surface area contributed by atoms with Crippen molar-refractivity contribution in [1.29, 1.82) is 0 Å². The van der Waals surface area contributed by atoms with Crippen LogP contribution in [0.2, 0.25) is 0 Å². The number of aromatic nitrogens is 4. The van der Waals surface area contributed by atoms with Gasteiger partial charge in [-0.15, -0.1) is 0 Å². The molecule has 0 saturated heterocycles. The first kappa shape index (κ1) is 14.3. The summed E-state index contributed by atoms with van der Waals surface area (Å²) in [6.45, 7) is 0.378. The molecule has 0 atom stereocenters. The van der Waals surface area contributed by atoms with Crippen molar-refractivity contribution < 1.29 is 4.79 Å². The van der Waals surface area contributed by atoms with Gasteiger partial charge < -0.3 is 9.88 Å². The molecule has 2 N–H and O–H groups in total. The number of hydrogen-bond acceptors (Lipinski definition) is 3. The first-order chi connectivity index (χ1) is 10.1. The lowest BCUT2D eigenvalue weighted by atomic mass is 10.1. The van der Waals surface area contributed by atoms with E-state index in [2.05, 4.69) is 52.0 Å². The summed E-state index contributed by atoms with van der Waals surface area (Å²) in [4.78, 5) is 21.3. The highest BCUT2D eigenvalue weighted by Crippen LogP contribution is 2.30. The number of halogens is 2. The number of carbonyl (C=O) groups is 1. The lowest BCUT2D eigenvalue weighted by Crippen LogP contribution is -2.26. The van der Waals surface area contributed by atoms with Gasteiger partial charge in [0.2, 0.25) is 0 Å². The van der Waals surface area contributed by atoms with Crippen LogP contribution in [0.3, 0.4) is 0 Å². The van der Waals surface area contributed by atoms with Gasteiger partial charge in [-0.05, 0) is 44.0 Å². The maximum absolute atomic E-state index is 12.6. The van der Waals surface area contributed by atoms with E-state index in [1.54, 1.807) is 18.1 Å². The van der Waals surface area contributed by atoms with Crippen molar-refractivity contribution in [2.24, 2.45) is 0 Å². The Morgan fingerprint density at radius 3 is 2.81 bits per heavy atom. The molecule has 0 aliphatic rings. The molecular formula is C13H11Br2N5O. The van der Waals surface area contributed by atoms with Gasteiger partial charge in [0.05, 0.1) is 12.1 Å². The molecule has 1 amide bonds. The molecule has 0 fully saturated rings. The Balaban J connectivity index is 1.92. The van der Waals surface area contributed by atoms with Crippen molar-refractivity contribution in [2.75, 3.05) is 7.05 Å². The maximum atomic E-state index is 12.6. The minimum Gasteiger partial charge on any atom is -0.360 e. The number of nitrogens with zero attached hydrogens (tertiary/aromatic N) is 3. The van der Waals surface area contributed by atoms with Gasteiger partial charge in [0, 0.05) is 33.1 Å². The molecule has 3 aromatic rings. The summed E-state index contributed by atoms with van der Waals surface area (Å²) in [7, 11) is 1.73. The van der Waals surface area contributed by atoms with Crippen LogP contribution in [0.1, 0.15) is 16.2 Å². The van der Waals surface area contributed by atoms with Gasteiger partial charge in [0.15, 0.2) is 0 Å². The number of fused-ring (bicyclic) bond motifs is 1. The third-order valence-electron chi connectivity index (χ3n) is 3.15. The Morgan fingerprint density at radius 1 is 1.33 bits per heavy atom. The van der Waals surface area contributed by atoms with E-state index in [9.17, 15) is 4.79 Å². The van der Waals surface area contributed by atoms with E-state index in [0.717, 1.165) is 19.8 Å². The molecule has 8 heteroatoms. The van der Waals surface area contributed by atoms with Gasteiger partial charge in [0.25, 0.3) is 5.91 Å². The number of rotatable bonds is 3. The van der Waals surface area contributed by atoms with E-state index < -0.39 is 0 Å². The number of nitrogens with one attached hydrogen (secondary N) is 2. The van der Waals surface area contributed by atoms with Crippen LogP contribution < -0.4 is 0 Å². The summed E-state index contributed by atoms with van der Waals surface area (Å²) in [6, 6.07) is 3.86. The topological polar surface area (TPSA) is 77.7 Å². The quantitative estimate of drug-likeness (QED) is 0.693. The number of amides is 1. The van der Waals surface area contributed by atoms with E-state index >= 15 is 0 Å². The molecular weight excluding hydrogens is 402 g/mol. The van der Waals surface area contributed by atoms with Gasteiger partial charge in [0.1, 0.15) is 12.2 Å². The standard InChI is InChI=1S/C13H11Br2N5O/c1-20(5-12-17-6-18-19-12)13(21)8-4-16-11-3-10(15)9(14)2-7(8)11/h2-4,6,16H,5H2,1H3,(H,17,18,19). The summed E-state index contributed by atoms with van der Waals surface area (Å²) in [5.74, 6) is 0.571. The van der Waals surface area contributed by atoms with Crippen molar-refractivity contribution in [3.05, 3.63) is 45.0 Å². The van der Waals surface area contributed by atoms with Crippen LogP contribution >= 0.6 is 31.9 Å². The second-order valence-electron chi connectivity index (χ2n) is 4.61. The van der Waals surface area contributed by atoms with Gasteiger partial charge in [-0.3, -0.25) is 9.89 Å². The van der Waals surface area contributed by atoms with Gasteiger partial charge in [-0.2, -0.15) is 5.10 Å². The minimum atomic E-state index is -0.0770. The van der Waals surface area contributed by atoms with E-state index in [1.165, 1.54) is 6.33 Å².